The standard InChI is InChI=1S/C15H14S/c1-11-4-6-14(7-5-11)8-9-15-10-12(2)16-13(15)3/h4-7,10H,1-3H3. The Hall–Kier alpha value is -1.52. The minimum Gasteiger partial charge on any atom is -0.145 e. The molecule has 0 aliphatic heterocycles. The molecule has 1 heterocycles. The number of hydrogen-bond donors (Lipinski definition) is 0. The van der Waals surface area contributed by atoms with Crippen LogP contribution < -0.4 is 0 Å². The van der Waals surface area contributed by atoms with Crippen molar-refractivity contribution in [3.63, 3.8) is 0 Å². The van der Waals surface area contributed by atoms with Crippen LogP contribution in [0, 0.1) is 32.6 Å². The van der Waals surface area contributed by atoms with Gasteiger partial charge in [-0.2, -0.15) is 0 Å². The molecule has 0 fully saturated rings. The average molecular weight is 226 g/mol. The minimum atomic E-state index is 1.08. The van der Waals surface area contributed by atoms with E-state index in [9.17, 15) is 0 Å². The van der Waals surface area contributed by atoms with E-state index < -0.39 is 0 Å². The summed E-state index contributed by atoms with van der Waals surface area (Å²) in [5, 5.41) is 0. The van der Waals surface area contributed by atoms with E-state index in [0.29, 0.717) is 0 Å². The molecule has 0 amide bonds. The fourth-order valence-electron chi connectivity index (χ4n) is 1.53. The van der Waals surface area contributed by atoms with Crippen LogP contribution in [0.25, 0.3) is 0 Å². The molecule has 0 N–H and O–H groups in total. The first-order valence-corrected chi connectivity index (χ1v) is 6.12. The highest BCUT2D eigenvalue weighted by atomic mass is 32.1. The van der Waals surface area contributed by atoms with Crippen LogP contribution in [0.1, 0.15) is 26.4 Å². The third-order valence-electron chi connectivity index (χ3n) is 2.43. The Morgan fingerprint density at radius 3 is 2.19 bits per heavy atom. The molecule has 2 aromatic rings. The van der Waals surface area contributed by atoms with Crippen molar-refractivity contribution >= 4 is 11.3 Å². The van der Waals surface area contributed by atoms with Crippen molar-refractivity contribution in [3.8, 4) is 11.8 Å². The molecule has 0 nitrogen and oxygen atoms in total. The molecular weight excluding hydrogens is 212 g/mol. The third kappa shape index (κ3) is 2.53. The van der Waals surface area contributed by atoms with Gasteiger partial charge in [-0.25, -0.2) is 0 Å². The van der Waals surface area contributed by atoms with E-state index in [1.54, 1.807) is 11.3 Å². The van der Waals surface area contributed by atoms with Gasteiger partial charge in [0.1, 0.15) is 0 Å². The molecule has 0 saturated heterocycles. The second kappa shape index (κ2) is 4.55. The maximum atomic E-state index is 3.23. The summed E-state index contributed by atoms with van der Waals surface area (Å²) >= 11 is 1.80. The lowest BCUT2D eigenvalue weighted by Gasteiger charge is -1.91. The van der Waals surface area contributed by atoms with Crippen LogP contribution in [0.3, 0.4) is 0 Å². The molecule has 0 unspecified atom stereocenters. The highest BCUT2D eigenvalue weighted by Gasteiger charge is 1.98. The van der Waals surface area contributed by atoms with Crippen LogP contribution in [-0.2, 0) is 0 Å². The lowest BCUT2D eigenvalue weighted by atomic mass is 10.1. The average Bonchev–Trinajstić information content (AvgIpc) is 2.57. The maximum Gasteiger partial charge on any atom is 0.0388 e. The molecular formula is C15H14S. The van der Waals surface area contributed by atoms with Crippen molar-refractivity contribution in [2.45, 2.75) is 20.8 Å². The zero-order chi connectivity index (χ0) is 11.5. The zero-order valence-electron chi connectivity index (χ0n) is 9.79. The number of benzene rings is 1. The van der Waals surface area contributed by atoms with E-state index >= 15 is 0 Å². The third-order valence-corrected chi connectivity index (χ3v) is 3.40. The lowest BCUT2D eigenvalue weighted by Crippen LogP contribution is -1.76. The molecule has 0 aliphatic rings. The van der Waals surface area contributed by atoms with Gasteiger partial charge in [0.25, 0.3) is 0 Å². The second-order valence-corrected chi connectivity index (χ2v) is 5.40. The fraction of sp³-hybridized carbons (Fsp3) is 0.200. The van der Waals surface area contributed by atoms with Crippen LogP contribution in [-0.4, -0.2) is 0 Å². The van der Waals surface area contributed by atoms with Gasteiger partial charge in [-0.1, -0.05) is 29.5 Å². The fourth-order valence-corrected chi connectivity index (χ4v) is 2.41. The first kappa shape index (κ1) is 11.0. The number of rotatable bonds is 0. The molecule has 16 heavy (non-hydrogen) atoms. The van der Waals surface area contributed by atoms with Crippen molar-refractivity contribution in [2.75, 3.05) is 0 Å². The van der Waals surface area contributed by atoms with Gasteiger partial charge in [-0.15, -0.1) is 11.3 Å². The summed E-state index contributed by atoms with van der Waals surface area (Å²) in [6, 6.07) is 10.5. The van der Waals surface area contributed by atoms with Gasteiger partial charge in [0.2, 0.25) is 0 Å². The van der Waals surface area contributed by atoms with Crippen LogP contribution in [0.2, 0.25) is 0 Å². The smallest absolute Gasteiger partial charge is 0.0388 e. The Balaban J connectivity index is 2.28. The number of thiophene rings is 1. The molecule has 2 rings (SSSR count). The highest BCUT2D eigenvalue weighted by Crippen LogP contribution is 2.19. The largest absolute Gasteiger partial charge is 0.145 e. The topological polar surface area (TPSA) is 0 Å². The number of hydrogen-bond acceptors (Lipinski definition) is 1. The monoisotopic (exact) mass is 226 g/mol. The molecule has 1 aromatic carbocycles. The summed E-state index contributed by atoms with van der Waals surface area (Å²) in [6.45, 7) is 6.33. The highest BCUT2D eigenvalue weighted by molar-refractivity contribution is 7.12. The van der Waals surface area contributed by atoms with Gasteiger partial charge < -0.3 is 0 Å². The molecule has 0 saturated carbocycles. The summed E-state index contributed by atoms with van der Waals surface area (Å²) < 4.78 is 0. The first-order valence-electron chi connectivity index (χ1n) is 5.31. The van der Waals surface area contributed by atoms with Gasteiger partial charge in [-0.05, 0) is 39.0 Å². The van der Waals surface area contributed by atoms with Gasteiger partial charge in [0.15, 0.2) is 0 Å². The van der Waals surface area contributed by atoms with Crippen LogP contribution >= 0.6 is 11.3 Å². The van der Waals surface area contributed by atoms with Crippen molar-refractivity contribution in [1.29, 1.82) is 0 Å². The van der Waals surface area contributed by atoms with Crippen LogP contribution in [0.15, 0.2) is 30.3 Å². The summed E-state index contributed by atoms with van der Waals surface area (Å²) in [5.41, 5.74) is 3.50. The van der Waals surface area contributed by atoms with E-state index in [-0.39, 0.29) is 0 Å². The van der Waals surface area contributed by atoms with Gasteiger partial charge in [0, 0.05) is 20.9 Å². The minimum absolute atomic E-state index is 1.08. The van der Waals surface area contributed by atoms with Crippen molar-refractivity contribution < 1.29 is 0 Å². The Morgan fingerprint density at radius 1 is 0.938 bits per heavy atom. The molecule has 0 atom stereocenters. The Bertz CT molecular complexity index is 547. The molecule has 0 bridgehead atoms. The normalized spacial score (nSPS) is 9.69. The van der Waals surface area contributed by atoms with E-state index in [2.05, 4.69) is 62.9 Å². The van der Waals surface area contributed by atoms with Gasteiger partial charge in [-0.3, -0.25) is 0 Å². The van der Waals surface area contributed by atoms with Crippen molar-refractivity contribution in [2.24, 2.45) is 0 Å². The lowest BCUT2D eigenvalue weighted by molar-refractivity contribution is 1.46. The van der Waals surface area contributed by atoms with E-state index in [4.69, 9.17) is 0 Å². The van der Waals surface area contributed by atoms with Gasteiger partial charge in [0.05, 0.1) is 0 Å². The quantitative estimate of drug-likeness (QED) is 0.594. The summed E-state index contributed by atoms with van der Waals surface area (Å²) in [7, 11) is 0. The molecule has 1 aromatic heterocycles. The molecule has 0 aliphatic carbocycles. The second-order valence-electron chi connectivity index (χ2n) is 3.94. The summed E-state index contributed by atoms with van der Waals surface area (Å²) in [5.74, 6) is 6.43. The molecule has 1 heteroatoms. The molecule has 0 spiro atoms. The predicted octanol–water partition coefficient (Wildman–Crippen LogP) is 4.07. The molecule has 80 valence electrons. The maximum absolute atomic E-state index is 3.23. The Morgan fingerprint density at radius 2 is 1.62 bits per heavy atom. The van der Waals surface area contributed by atoms with Crippen molar-refractivity contribution in [1.82, 2.24) is 0 Å². The predicted molar refractivity (Wildman–Crippen MR) is 71.0 cm³/mol. The summed E-state index contributed by atoms with van der Waals surface area (Å²) in [4.78, 5) is 2.63. The van der Waals surface area contributed by atoms with E-state index in [1.807, 2.05) is 0 Å². The summed E-state index contributed by atoms with van der Waals surface area (Å²) in [6.07, 6.45) is 0. The zero-order valence-corrected chi connectivity index (χ0v) is 10.6. The number of aryl methyl sites for hydroxylation is 3. The van der Waals surface area contributed by atoms with Gasteiger partial charge >= 0.3 is 0 Å². The molecule has 0 radical (unpaired) electrons. The van der Waals surface area contributed by atoms with Crippen molar-refractivity contribution in [3.05, 3.63) is 56.8 Å². The van der Waals surface area contributed by atoms with E-state index in [1.165, 1.54) is 15.3 Å². The Kier molecular flexibility index (Phi) is 3.12. The van der Waals surface area contributed by atoms with Crippen LogP contribution in [0.4, 0.5) is 0 Å². The van der Waals surface area contributed by atoms with E-state index in [0.717, 1.165) is 11.1 Å². The first-order chi connectivity index (χ1) is 7.65. The van der Waals surface area contributed by atoms with Crippen LogP contribution in [0.5, 0.6) is 0 Å². The SMILES string of the molecule is Cc1ccc(C#Cc2cc(C)sc2C)cc1. The Labute approximate surface area is 101 Å².